The molecule has 6 heteroatoms. The molecule has 0 aliphatic rings. The molecule has 4 aromatic carbocycles. The summed E-state index contributed by atoms with van der Waals surface area (Å²) in [7, 11) is -3.92. The van der Waals surface area contributed by atoms with Crippen LogP contribution in [0.4, 0.5) is 5.69 Å². The molecule has 0 heterocycles. The second kappa shape index (κ2) is 12.0. The number of sulfonamides is 1. The molecular formula is C33H31N3O2S. The molecule has 4 aromatic rings. The van der Waals surface area contributed by atoms with Crippen LogP contribution in [0.1, 0.15) is 37.5 Å². The first kappa shape index (κ1) is 27.7. The van der Waals surface area contributed by atoms with Gasteiger partial charge in [0, 0.05) is 28.9 Å². The molecule has 0 saturated heterocycles. The molecule has 4 rings (SSSR count). The van der Waals surface area contributed by atoms with Crippen molar-refractivity contribution in [2.24, 2.45) is 0 Å². The Bertz CT molecular complexity index is 1640. The number of nitrogens with one attached hydrogen (secondary N) is 1. The molecule has 0 aliphatic carbocycles. The molecule has 1 N–H and O–H groups in total. The standard InChI is InChI=1S/C33H31N3O2S/c1-33(2,3)36(25-27-12-6-4-7-13-27)39(37,38)32-23-26(19-20-31(32)29-16-8-5-9-17-29)15-11-21-35-30-18-10-14-28(22-30)24-34/h4-10,12-14,16-20,22-23,35H,21,25H2,1-3H3. The van der Waals surface area contributed by atoms with Crippen molar-refractivity contribution < 1.29 is 8.42 Å². The normalized spacial score (nSPS) is 11.4. The Morgan fingerprint density at radius 1 is 0.821 bits per heavy atom. The maximum Gasteiger partial charge on any atom is 0.244 e. The van der Waals surface area contributed by atoms with E-state index in [4.69, 9.17) is 5.26 Å². The maximum absolute atomic E-state index is 14.3. The Morgan fingerprint density at radius 2 is 1.51 bits per heavy atom. The zero-order valence-corrected chi connectivity index (χ0v) is 23.2. The largest absolute Gasteiger partial charge is 0.374 e. The minimum Gasteiger partial charge on any atom is -0.374 e. The van der Waals surface area contributed by atoms with Crippen LogP contribution in [0.5, 0.6) is 0 Å². The second-order valence-corrected chi connectivity index (χ2v) is 11.9. The molecule has 0 atom stereocenters. The van der Waals surface area contributed by atoms with Crippen LogP contribution >= 0.6 is 0 Å². The van der Waals surface area contributed by atoms with Gasteiger partial charge < -0.3 is 5.32 Å². The summed E-state index contributed by atoms with van der Waals surface area (Å²) < 4.78 is 30.2. The van der Waals surface area contributed by atoms with Gasteiger partial charge in [0.25, 0.3) is 0 Å². The van der Waals surface area contributed by atoms with Crippen LogP contribution in [-0.4, -0.2) is 24.8 Å². The molecule has 0 aromatic heterocycles. The fourth-order valence-electron chi connectivity index (χ4n) is 4.21. The highest BCUT2D eigenvalue weighted by atomic mass is 32.2. The second-order valence-electron chi connectivity index (χ2n) is 10.1. The molecule has 0 radical (unpaired) electrons. The van der Waals surface area contributed by atoms with Gasteiger partial charge in [-0.05, 0) is 62.2 Å². The van der Waals surface area contributed by atoms with E-state index in [-0.39, 0.29) is 11.4 Å². The number of hydrogen-bond acceptors (Lipinski definition) is 4. The zero-order valence-electron chi connectivity index (χ0n) is 22.3. The van der Waals surface area contributed by atoms with E-state index in [1.165, 1.54) is 0 Å². The fourth-order valence-corrected chi connectivity index (χ4v) is 6.23. The van der Waals surface area contributed by atoms with Crippen LogP contribution in [0.15, 0.2) is 108 Å². The minimum absolute atomic E-state index is 0.223. The highest BCUT2D eigenvalue weighted by molar-refractivity contribution is 7.89. The summed E-state index contributed by atoms with van der Waals surface area (Å²) in [6.45, 7) is 6.33. The lowest BCUT2D eigenvalue weighted by atomic mass is 10.0. The molecule has 0 saturated carbocycles. The first-order valence-corrected chi connectivity index (χ1v) is 14.1. The van der Waals surface area contributed by atoms with Crippen molar-refractivity contribution in [3.05, 3.63) is 120 Å². The average molecular weight is 534 g/mol. The van der Waals surface area contributed by atoms with Crippen LogP contribution < -0.4 is 5.32 Å². The summed E-state index contributed by atoms with van der Waals surface area (Å²) in [6.07, 6.45) is 0. The van der Waals surface area contributed by atoms with E-state index < -0.39 is 15.6 Å². The highest BCUT2D eigenvalue weighted by Gasteiger charge is 2.35. The lowest BCUT2D eigenvalue weighted by Gasteiger charge is -2.35. The molecule has 0 fully saturated rings. The summed E-state index contributed by atoms with van der Waals surface area (Å²) in [5.74, 6) is 6.17. The maximum atomic E-state index is 14.3. The molecule has 0 bridgehead atoms. The van der Waals surface area contributed by atoms with Crippen LogP contribution in [0.25, 0.3) is 11.1 Å². The number of anilines is 1. The molecule has 0 amide bonds. The number of nitriles is 1. The van der Waals surface area contributed by atoms with E-state index in [2.05, 4.69) is 23.2 Å². The van der Waals surface area contributed by atoms with Crippen molar-refractivity contribution in [1.82, 2.24) is 4.31 Å². The first-order valence-electron chi connectivity index (χ1n) is 12.7. The predicted octanol–water partition coefficient (Wildman–Crippen LogP) is 6.68. The lowest BCUT2D eigenvalue weighted by Crippen LogP contribution is -2.45. The van der Waals surface area contributed by atoms with Gasteiger partial charge in [-0.25, -0.2) is 8.42 Å². The smallest absolute Gasteiger partial charge is 0.244 e. The monoisotopic (exact) mass is 533 g/mol. The van der Waals surface area contributed by atoms with Crippen LogP contribution in [0.3, 0.4) is 0 Å². The van der Waals surface area contributed by atoms with Crippen molar-refractivity contribution in [2.75, 3.05) is 11.9 Å². The molecule has 0 unspecified atom stereocenters. The van der Waals surface area contributed by atoms with Gasteiger partial charge in [-0.3, -0.25) is 0 Å². The quantitative estimate of drug-likeness (QED) is 0.269. The van der Waals surface area contributed by atoms with E-state index in [0.29, 0.717) is 23.2 Å². The summed E-state index contributed by atoms with van der Waals surface area (Å²) >= 11 is 0. The minimum atomic E-state index is -3.92. The van der Waals surface area contributed by atoms with Gasteiger partial charge in [-0.15, -0.1) is 0 Å². The first-order chi connectivity index (χ1) is 18.7. The Kier molecular flexibility index (Phi) is 8.52. The highest BCUT2D eigenvalue weighted by Crippen LogP contribution is 2.34. The van der Waals surface area contributed by atoms with Crippen molar-refractivity contribution in [3.63, 3.8) is 0 Å². The van der Waals surface area contributed by atoms with Gasteiger partial charge >= 0.3 is 0 Å². The van der Waals surface area contributed by atoms with Gasteiger partial charge in [0.2, 0.25) is 10.0 Å². The van der Waals surface area contributed by atoms with E-state index in [0.717, 1.165) is 16.8 Å². The van der Waals surface area contributed by atoms with E-state index in [1.807, 2.05) is 106 Å². The predicted molar refractivity (Wildman–Crippen MR) is 157 cm³/mol. The van der Waals surface area contributed by atoms with Gasteiger partial charge in [0.1, 0.15) is 0 Å². The Balaban J connectivity index is 1.72. The average Bonchev–Trinajstić information content (AvgIpc) is 2.94. The number of hydrogen-bond donors (Lipinski definition) is 1. The molecule has 5 nitrogen and oxygen atoms in total. The van der Waals surface area contributed by atoms with Crippen molar-refractivity contribution >= 4 is 15.7 Å². The number of nitrogens with zero attached hydrogens (tertiary/aromatic N) is 2. The summed E-state index contributed by atoms with van der Waals surface area (Å²) in [5.41, 5.74) is 3.69. The van der Waals surface area contributed by atoms with Crippen LogP contribution in [-0.2, 0) is 16.6 Å². The lowest BCUT2D eigenvalue weighted by molar-refractivity contribution is 0.242. The molecule has 39 heavy (non-hydrogen) atoms. The topological polar surface area (TPSA) is 73.2 Å². The van der Waals surface area contributed by atoms with E-state index in [1.54, 1.807) is 22.5 Å². The Hall–Kier alpha value is -4.36. The van der Waals surface area contributed by atoms with Gasteiger partial charge in [0.15, 0.2) is 0 Å². The van der Waals surface area contributed by atoms with Crippen LogP contribution in [0.2, 0.25) is 0 Å². The number of rotatable bonds is 7. The third kappa shape index (κ3) is 6.94. The van der Waals surface area contributed by atoms with Gasteiger partial charge in [0.05, 0.1) is 23.1 Å². The van der Waals surface area contributed by atoms with Crippen molar-refractivity contribution in [3.8, 4) is 29.0 Å². The third-order valence-electron chi connectivity index (χ3n) is 6.16. The summed E-state index contributed by atoms with van der Waals surface area (Å²) in [4.78, 5) is 0.223. The van der Waals surface area contributed by atoms with Crippen molar-refractivity contribution in [2.45, 2.75) is 37.8 Å². The Morgan fingerprint density at radius 3 is 2.18 bits per heavy atom. The molecule has 0 spiro atoms. The molecular weight excluding hydrogens is 502 g/mol. The Labute approximate surface area is 231 Å². The van der Waals surface area contributed by atoms with E-state index in [9.17, 15) is 8.42 Å². The fraction of sp³-hybridized carbons (Fsp3) is 0.182. The SMILES string of the molecule is CC(C)(C)N(Cc1ccccc1)S(=O)(=O)c1cc(C#CCNc2cccc(C#N)c2)ccc1-c1ccccc1. The summed E-state index contributed by atoms with van der Waals surface area (Å²) in [5, 5.41) is 12.3. The van der Waals surface area contributed by atoms with Gasteiger partial charge in [-0.1, -0.05) is 84.6 Å². The van der Waals surface area contributed by atoms with Gasteiger partial charge in [-0.2, -0.15) is 9.57 Å². The summed E-state index contributed by atoms with van der Waals surface area (Å²) in [6, 6.07) is 33.8. The molecule has 0 aliphatic heterocycles. The van der Waals surface area contributed by atoms with E-state index >= 15 is 0 Å². The third-order valence-corrected chi connectivity index (χ3v) is 8.31. The number of benzene rings is 4. The molecule has 196 valence electrons. The van der Waals surface area contributed by atoms with Crippen molar-refractivity contribution in [1.29, 1.82) is 5.26 Å². The van der Waals surface area contributed by atoms with Crippen LogP contribution in [0, 0.1) is 23.2 Å². The zero-order chi connectivity index (χ0) is 27.9.